The molecule has 0 saturated carbocycles. The number of methoxy groups -OCH3 is 1. The Bertz CT molecular complexity index is 813. The fourth-order valence-corrected chi connectivity index (χ4v) is 3.90. The van der Waals surface area contributed by atoms with Gasteiger partial charge in [0.1, 0.15) is 5.75 Å². The first-order valence-corrected chi connectivity index (χ1v) is 8.83. The van der Waals surface area contributed by atoms with E-state index in [2.05, 4.69) is 43.0 Å². The monoisotopic (exact) mass is 354 g/mol. The van der Waals surface area contributed by atoms with Crippen LogP contribution in [0.2, 0.25) is 5.02 Å². The van der Waals surface area contributed by atoms with E-state index < -0.39 is 0 Å². The fourth-order valence-electron chi connectivity index (χ4n) is 3.77. The molecule has 1 N–H and O–H groups in total. The maximum absolute atomic E-state index is 7.63. The number of fused-ring (bicyclic) bond motifs is 1. The quantitative estimate of drug-likeness (QED) is 0.747. The number of hydrogen-bond donors (Lipinski definition) is 1. The zero-order valence-electron chi connectivity index (χ0n) is 14.8. The molecule has 130 valence electrons. The fraction of sp³-hybridized carbons (Fsp3) is 0.286. The van der Waals surface area contributed by atoms with Gasteiger partial charge in [-0.3, -0.25) is 0 Å². The summed E-state index contributed by atoms with van der Waals surface area (Å²) >= 11 is 6.04. The summed E-state index contributed by atoms with van der Waals surface area (Å²) in [7, 11) is 1.69. The molecule has 4 heteroatoms. The summed E-state index contributed by atoms with van der Waals surface area (Å²) in [5.74, 6) is 0.855. The van der Waals surface area contributed by atoms with E-state index in [1.807, 2.05) is 24.3 Å². The number of likely N-dealkylation sites (N-methyl/N-ethyl adjacent to an activating group) is 1. The van der Waals surface area contributed by atoms with E-state index in [1.165, 1.54) is 23.0 Å². The second-order valence-electron chi connectivity index (χ2n) is 6.48. The van der Waals surface area contributed by atoms with Gasteiger partial charge in [-0.15, -0.1) is 0 Å². The molecule has 1 aliphatic rings. The number of benzene rings is 2. The summed E-state index contributed by atoms with van der Waals surface area (Å²) in [5, 5.41) is 8.38. The highest BCUT2D eigenvalue weighted by molar-refractivity contribution is 6.30. The number of anilines is 1. The number of halogens is 1. The third-order valence-corrected chi connectivity index (χ3v) is 5.23. The minimum atomic E-state index is -0.231. The van der Waals surface area contributed by atoms with Crippen molar-refractivity contribution in [1.82, 2.24) is 0 Å². The molecule has 0 aromatic heterocycles. The molecule has 2 aromatic carbocycles. The second kappa shape index (κ2) is 6.93. The van der Waals surface area contributed by atoms with Crippen LogP contribution in [0.3, 0.4) is 0 Å². The average Bonchev–Trinajstić information content (AvgIpc) is 2.85. The molecule has 3 nitrogen and oxygen atoms in total. The molecule has 0 fully saturated rings. The SMILES string of the molecule is CCN1/C(=C\C=N)C(C)(Cc2ccc(Cl)cc2)c2cc(OC)ccc21. The molecular formula is C21H23ClN2O. The van der Waals surface area contributed by atoms with Crippen molar-refractivity contribution in [3.63, 3.8) is 0 Å². The van der Waals surface area contributed by atoms with Gasteiger partial charge in [0.15, 0.2) is 0 Å². The number of nitrogens with zero attached hydrogens (tertiary/aromatic N) is 1. The van der Waals surface area contributed by atoms with Crippen molar-refractivity contribution in [1.29, 1.82) is 5.41 Å². The lowest BCUT2D eigenvalue weighted by Crippen LogP contribution is -2.30. The summed E-state index contributed by atoms with van der Waals surface area (Å²) in [5.41, 5.74) is 4.55. The predicted octanol–water partition coefficient (Wildman–Crippen LogP) is 5.22. The first-order chi connectivity index (χ1) is 12.0. The van der Waals surface area contributed by atoms with E-state index in [4.69, 9.17) is 21.7 Å². The summed E-state index contributed by atoms with van der Waals surface area (Å²) in [6, 6.07) is 14.2. The molecule has 0 radical (unpaired) electrons. The van der Waals surface area contributed by atoms with E-state index in [-0.39, 0.29) is 5.41 Å². The van der Waals surface area contributed by atoms with E-state index in [0.29, 0.717) is 0 Å². The van der Waals surface area contributed by atoms with Crippen LogP contribution in [0.4, 0.5) is 5.69 Å². The molecule has 0 saturated heterocycles. The van der Waals surface area contributed by atoms with Crippen LogP contribution in [0, 0.1) is 5.41 Å². The van der Waals surface area contributed by atoms with Crippen LogP contribution in [-0.2, 0) is 11.8 Å². The topological polar surface area (TPSA) is 36.3 Å². The van der Waals surface area contributed by atoms with Gasteiger partial charge in [-0.2, -0.15) is 0 Å². The van der Waals surface area contributed by atoms with E-state index in [9.17, 15) is 0 Å². The molecule has 0 aliphatic carbocycles. The predicted molar refractivity (Wildman–Crippen MR) is 105 cm³/mol. The zero-order valence-corrected chi connectivity index (χ0v) is 15.6. The van der Waals surface area contributed by atoms with Crippen molar-refractivity contribution in [3.8, 4) is 5.75 Å². The maximum atomic E-state index is 7.63. The molecule has 0 bridgehead atoms. The Balaban J connectivity index is 2.15. The van der Waals surface area contributed by atoms with Crippen LogP contribution >= 0.6 is 11.6 Å². The summed E-state index contributed by atoms with van der Waals surface area (Å²) < 4.78 is 5.46. The summed E-state index contributed by atoms with van der Waals surface area (Å²) in [6.07, 6.45) is 4.12. The molecule has 0 spiro atoms. The Morgan fingerprint density at radius 1 is 1.20 bits per heavy atom. The first kappa shape index (κ1) is 17.6. The molecule has 1 heterocycles. The van der Waals surface area contributed by atoms with E-state index >= 15 is 0 Å². The average molecular weight is 355 g/mol. The number of hydrogen-bond acceptors (Lipinski definition) is 3. The zero-order chi connectivity index (χ0) is 18.0. The van der Waals surface area contributed by atoms with Gasteiger partial charge in [0, 0.05) is 34.6 Å². The van der Waals surface area contributed by atoms with Crippen LogP contribution in [0.15, 0.2) is 54.2 Å². The Hall–Kier alpha value is -2.26. The first-order valence-electron chi connectivity index (χ1n) is 8.45. The van der Waals surface area contributed by atoms with Gasteiger partial charge in [0.25, 0.3) is 0 Å². The lowest BCUT2D eigenvalue weighted by molar-refractivity contribution is 0.413. The van der Waals surface area contributed by atoms with Gasteiger partial charge >= 0.3 is 0 Å². The molecule has 3 rings (SSSR count). The van der Waals surface area contributed by atoms with Crippen LogP contribution in [0.1, 0.15) is 25.0 Å². The van der Waals surface area contributed by atoms with Crippen LogP contribution < -0.4 is 9.64 Å². The van der Waals surface area contributed by atoms with Crippen LogP contribution in [0.25, 0.3) is 0 Å². The number of rotatable bonds is 5. The van der Waals surface area contributed by atoms with Crippen LogP contribution in [0.5, 0.6) is 5.75 Å². The van der Waals surface area contributed by atoms with Gasteiger partial charge in [-0.25, -0.2) is 0 Å². The minimum absolute atomic E-state index is 0.231. The Morgan fingerprint density at radius 2 is 1.92 bits per heavy atom. The highest BCUT2D eigenvalue weighted by Crippen LogP contribution is 2.50. The van der Waals surface area contributed by atoms with Gasteiger partial charge in [0.2, 0.25) is 0 Å². The standard InChI is InChI=1S/C21H23ClN2O/c1-4-24-19-10-9-17(25-3)13-18(19)21(2,20(24)11-12-23)14-15-5-7-16(22)8-6-15/h5-13,23H,4,14H2,1-3H3/b20-11-,23-12?. The van der Waals surface area contributed by atoms with Crippen molar-refractivity contribution < 1.29 is 4.74 Å². The van der Waals surface area contributed by atoms with Gasteiger partial charge < -0.3 is 15.0 Å². The van der Waals surface area contributed by atoms with Crippen molar-refractivity contribution in [2.24, 2.45) is 0 Å². The Morgan fingerprint density at radius 3 is 2.52 bits per heavy atom. The third kappa shape index (κ3) is 3.05. The van der Waals surface area contributed by atoms with E-state index in [0.717, 1.165) is 29.4 Å². The van der Waals surface area contributed by atoms with Crippen molar-refractivity contribution >= 4 is 23.5 Å². The van der Waals surface area contributed by atoms with Gasteiger partial charge in [-0.05, 0) is 67.8 Å². The molecule has 1 unspecified atom stereocenters. The third-order valence-electron chi connectivity index (χ3n) is 4.97. The summed E-state index contributed by atoms with van der Waals surface area (Å²) in [6.45, 7) is 5.24. The van der Waals surface area contributed by atoms with Crippen molar-refractivity contribution in [2.45, 2.75) is 25.7 Å². The van der Waals surface area contributed by atoms with Gasteiger partial charge in [-0.1, -0.05) is 23.7 Å². The number of allylic oxidation sites excluding steroid dienone is 2. The van der Waals surface area contributed by atoms with Crippen molar-refractivity contribution in [2.75, 3.05) is 18.6 Å². The normalized spacial score (nSPS) is 20.6. The maximum Gasteiger partial charge on any atom is 0.119 e. The lowest BCUT2D eigenvalue weighted by atomic mass is 9.76. The largest absolute Gasteiger partial charge is 0.497 e. The Kier molecular flexibility index (Phi) is 4.87. The number of nitrogens with one attached hydrogen (secondary N) is 1. The highest BCUT2D eigenvalue weighted by atomic mass is 35.5. The molecule has 25 heavy (non-hydrogen) atoms. The molecule has 0 amide bonds. The molecular weight excluding hydrogens is 332 g/mol. The smallest absolute Gasteiger partial charge is 0.119 e. The second-order valence-corrected chi connectivity index (χ2v) is 6.92. The van der Waals surface area contributed by atoms with E-state index in [1.54, 1.807) is 7.11 Å². The lowest BCUT2D eigenvalue weighted by Gasteiger charge is -2.30. The van der Waals surface area contributed by atoms with Gasteiger partial charge in [0.05, 0.1) is 7.11 Å². The molecule has 1 aliphatic heterocycles. The van der Waals surface area contributed by atoms with Crippen molar-refractivity contribution in [3.05, 3.63) is 70.4 Å². The highest BCUT2D eigenvalue weighted by Gasteiger charge is 2.43. The summed E-state index contributed by atoms with van der Waals surface area (Å²) in [4.78, 5) is 2.29. The van der Waals surface area contributed by atoms with Crippen LogP contribution in [-0.4, -0.2) is 19.9 Å². The minimum Gasteiger partial charge on any atom is -0.497 e. The Labute approximate surface area is 154 Å². The number of ether oxygens (including phenoxy) is 1. The molecule has 1 atom stereocenters. The molecule has 2 aromatic rings.